The van der Waals surface area contributed by atoms with Crippen LogP contribution in [0.2, 0.25) is 0 Å². The predicted octanol–water partition coefficient (Wildman–Crippen LogP) is 0.489. The summed E-state index contributed by atoms with van der Waals surface area (Å²) >= 11 is 0. The summed E-state index contributed by atoms with van der Waals surface area (Å²) in [4.78, 5) is 10.3. The number of aliphatic carboxylic acids is 1. The van der Waals surface area contributed by atoms with Crippen LogP contribution in [0.3, 0.4) is 0 Å². The van der Waals surface area contributed by atoms with Crippen LogP contribution in [-0.4, -0.2) is 16.2 Å². The van der Waals surface area contributed by atoms with Gasteiger partial charge in [-0.25, -0.2) is 0 Å². The van der Waals surface area contributed by atoms with E-state index in [0.29, 0.717) is 5.76 Å². The van der Waals surface area contributed by atoms with Crippen molar-refractivity contribution in [2.24, 2.45) is 5.73 Å². The standard InChI is InChI=1S/C6H8N2O3.ClH/c1-3-2-4(8-11-3)5(7)6(9)10;/h2,5H,7H2,1H3,(H,9,10);1H. The minimum Gasteiger partial charge on any atom is -0.480 e. The number of nitrogens with zero attached hydrogens (tertiary/aromatic N) is 1. The van der Waals surface area contributed by atoms with Crippen molar-refractivity contribution in [1.82, 2.24) is 5.16 Å². The molecule has 68 valence electrons. The summed E-state index contributed by atoms with van der Waals surface area (Å²) in [7, 11) is 0. The second-order valence-corrected chi connectivity index (χ2v) is 2.18. The monoisotopic (exact) mass is 192 g/mol. The Hall–Kier alpha value is -1.07. The molecule has 0 saturated heterocycles. The molecule has 1 rings (SSSR count). The van der Waals surface area contributed by atoms with Crippen LogP contribution in [0.1, 0.15) is 17.5 Å². The van der Waals surface area contributed by atoms with Gasteiger partial charge in [0.15, 0.2) is 0 Å². The zero-order chi connectivity index (χ0) is 8.43. The molecule has 1 aromatic rings. The van der Waals surface area contributed by atoms with Crippen LogP contribution in [-0.2, 0) is 4.79 Å². The van der Waals surface area contributed by atoms with E-state index in [-0.39, 0.29) is 18.1 Å². The number of halogens is 1. The highest BCUT2D eigenvalue weighted by Gasteiger charge is 2.17. The lowest BCUT2D eigenvalue weighted by Crippen LogP contribution is -2.20. The third kappa shape index (κ3) is 2.21. The number of aryl methyl sites for hydroxylation is 1. The quantitative estimate of drug-likeness (QED) is 0.712. The molecule has 0 amide bonds. The number of aromatic nitrogens is 1. The minimum atomic E-state index is -1.11. The third-order valence-electron chi connectivity index (χ3n) is 1.23. The van der Waals surface area contributed by atoms with Gasteiger partial charge in [-0.05, 0) is 6.92 Å². The molecule has 12 heavy (non-hydrogen) atoms. The van der Waals surface area contributed by atoms with Crippen molar-refractivity contribution < 1.29 is 14.4 Å². The zero-order valence-electron chi connectivity index (χ0n) is 6.35. The number of hydrogen-bond donors (Lipinski definition) is 2. The van der Waals surface area contributed by atoms with Gasteiger partial charge in [-0.15, -0.1) is 12.4 Å². The molecule has 1 aromatic heterocycles. The van der Waals surface area contributed by atoms with Crippen molar-refractivity contribution in [2.45, 2.75) is 13.0 Å². The van der Waals surface area contributed by atoms with Crippen LogP contribution in [0.25, 0.3) is 0 Å². The Morgan fingerprint density at radius 1 is 1.83 bits per heavy atom. The molecule has 3 N–H and O–H groups in total. The van der Waals surface area contributed by atoms with E-state index in [1.165, 1.54) is 6.07 Å². The average Bonchev–Trinajstić information content (AvgIpc) is 2.34. The van der Waals surface area contributed by atoms with E-state index in [0.717, 1.165) is 0 Å². The van der Waals surface area contributed by atoms with E-state index in [9.17, 15) is 4.79 Å². The number of carboxylic acid groups (broad SMARTS) is 1. The highest BCUT2D eigenvalue weighted by Crippen LogP contribution is 2.09. The molecular formula is C6H9ClN2O3. The smallest absolute Gasteiger partial charge is 0.326 e. The molecule has 0 aliphatic rings. The van der Waals surface area contributed by atoms with E-state index < -0.39 is 12.0 Å². The van der Waals surface area contributed by atoms with Crippen molar-refractivity contribution in [3.63, 3.8) is 0 Å². The van der Waals surface area contributed by atoms with Gasteiger partial charge in [-0.3, -0.25) is 4.79 Å². The van der Waals surface area contributed by atoms with Crippen LogP contribution < -0.4 is 5.73 Å². The summed E-state index contributed by atoms with van der Waals surface area (Å²) in [6.45, 7) is 1.67. The molecule has 0 aliphatic heterocycles. The van der Waals surface area contributed by atoms with Gasteiger partial charge in [0, 0.05) is 6.07 Å². The maximum atomic E-state index is 10.3. The molecule has 0 fully saturated rings. The van der Waals surface area contributed by atoms with E-state index in [4.69, 9.17) is 10.8 Å². The fourth-order valence-electron chi connectivity index (χ4n) is 0.659. The summed E-state index contributed by atoms with van der Waals surface area (Å²) < 4.78 is 4.64. The molecule has 5 nitrogen and oxygen atoms in total. The number of carboxylic acids is 1. The molecule has 0 bridgehead atoms. The number of nitrogens with two attached hydrogens (primary N) is 1. The molecule has 0 aliphatic carbocycles. The molecule has 6 heteroatoms. The Morgan fingerprint density at radius 2 is 2.42 bits per heavy atom. The van der Waals surface area contributed by atoms with Crippen LogP contribution in [0, 0.1) is 6.92 Å². The van der Waals surface area contributed by atoms with Crippen LogP contribution in [0.15, 0.2) is 10.6 Å². The Morgan fingerprint density at radius 3 is 2.75 bits per heavy atom. The molecule has 0 spiro atoms. The van der Waals surface area contributed by atoms with Crippen molar-refractivity contribution in [3.8, 4) is 0 Å². The van der Waals surface area contributed by atoms with Gasteiger partial charge in [-0.1, -0.05) is 5.16 Å². The normalized spacial score (nSPS) is 11.8. The Kier molecular flexibility index (Phi) is 3.72. The number of hydrogen-bond acceptors (Lipinski definition) is 4. The van der Waals surface area contributed by atoms with Crippen molar-refractivity contribution >= 4 is 18.4 Å². The fraction of sp³-hybridized carbons (Fsp3) is 0.333. The summed E-state index contributed by atoms with van der Waals surface area (Å²) in [6.07, 6.45) is 0. The highest BCUT2D eigenvalue weighted by molar-refractivity contribution is 5.85. The van der Waals surface area contributed by atoms with Crippen LogP contribution in [0.5, 0.6) is 0 Å². The van der Waals surface area contributed by atoms with E-state index >= 15 is 0 Å². The van der Waals surface area contributed by atoms with Crippen molar-refractivity contribution in [3.05, 3.63) is 17.5 Å². The minimum absolute atomic E-state index is 0. The van der Waals surface area contributed by atoms with Gasteiger partial charge in [0.25, 0.3) is 0 Å². The van der Waals surface area contributed by atoms with Gasteiger partial charge in [0.2, 0.25) is 0 Å². The van der Waals surface area contributed by atoms with Gasteiger partial charge in [-0.2, -0.15) is 0 Å². The second kappa shape index (κ2) is 4.08. The lowest BCUT2D eigenvalue weighted by molar-refractivity contribution is -0.138. The molecular weight excluding hydrogens is 184 g/mol. The van der Waals surface area contributed by atoms with E-state index in [2.05, 4.69) is 9.68 Å². The Labute approximate surface area is 74.9 Å². The van der Waals surface area contributed by atoms with Crippen LogP contribution in [0.4, 0.5) is 0 Å². The number of carbonyl (C=O) groups is 1. The maximum absolute atomic E-state index is 10.3. The van der Waals surface area contributed by atoms with Gasteiger partial charge >= 0.3 is 5.97 Å². The van der Waals surface area contributed by atoms with Crippen molar-refractivity contribution in [1.29, 1.82) is 0 Å². The maximum Gasteiger partial charge on any atom is 0.326 e. The molecule has 0 saturated carbocycles. The zero-order valence-corrected chi connectivity index (χ0v) is 7.17. The van der Waals surface area contributed by atoms with E-state index in [1.54, 1.807) is 6.92 Å². The first-order chi connectivity index (χ1) is 5.11. The largest absolute Gasteiger partial charge is 0.480 e. The Balaban J connectivity index is 0.00000121. The molecule has 0 aromatic carbocycles. The first-order valence-corrected chi connectivity index (χ1v) is 3.03. The second-order valence-electron chi connectivity index (χ2n) is 2.18. The summed E-state index contributed by atoms with van der Waals surface area (Å²) in [5.74, 6) is -0.560. The predicted molar refractivity (Wildman–Crippen MR) is 43.1 cm³/mol. The molecule has 1 atom stereocenters. The first-order valence-electron chi connectivity index (χ1n) is 3.03. The third-order valence-corrected chi connectivity index (χ3v) is 1.23. The average molecular weight is 193 g/mol. The van der Waals surface area contributed by atoms with Gasteiger partial charge < -0.3 is 15.4 Å². The first kappa shape index (κ1) is 10.9. The lowest BCUT2D eigenvalue weighted by Gasteiger charge is -1.97. The Bertz CT molecular complexity index is 274. The molecule has 1 heterocycles. The summed E-state index contributed by atoms with van der Waals surface area (Å²) in [5, 5.41) is 11.9. The SMILES string of the molecule is Cc1cc(C(N)C(=O)O)no1.Cl. The summed E-state index contributed by atoms with van der Waals surface area (Å²) in [6, 6.07) is 0.408. The molecule has 1 unspecified atom stereocenters. The fourth-order valence-corrected chi connectivity index (χ4v) is 0.659. The summed E-state index contributed by atoms with van der Waals surface area (Å²) in [5.41, 5.74) is 5.47. The van der Waals surface area contributed by atoms with Gasteiger partial charge in [0.1, 0.15) is 17.5 Å². The highest BCUT2D eigenvalue weighted by atomic mass is 35.5. The number of rotatable bonds is 2. The molecule has 0 radical (unpaired) electrons. The van der Waals surface area contributed by atoms with Crippen molar-refractivity contribution in [2.75, 3.05) is 0 Å². The van der Waals surface area contributed by atoms with Gasteiger partial charge in [0.05, 0.1) is 0 Å². The topological polar surface area (TPSA) is 89.4 Å². The lowest BCUT2D eigenvalue weighted by atomic mass is 10.2. The van der Waals surface area contributed by atoms with Crippen LogP contribution >= 0.6 is 12.4 Å². The van der Waals surface area contributed by atoms with E-state index in [1.807, 2.05) is 0 Å².